The number of hydrogen-bond acceptors (Lipinski definition) is 2. The van der Waals surface area contributed by atoms with Gasteiger partial charge in [0.1, 0.15) is 0 Å². The van der Waals surface area contributed by atoms with Gasteiger partial charge in [0.25, 0.3) is 0 Å². The van der Waals surface area contributed by atoms with Gasteiger partial charge in [-0.15, -0.1) is 0 Å². The van der Waals surface area contributed by atoms with E-state index >= 15 is 0 Å². The normalized spacial score (nSPS) is 17.3. The maximum Gasteiger partial charge on any atom is 0.0849 e. The van der Waals surface area contributed by atoms with Crippen molar-refractivity contribution in [2.75, 3.05) is 13.2 Å². The summed E-state index contributed by atoms with van der Waals surface area (Å²) in [5, 5.41) is 9.33. The lowest BCUT2D eigenvalue weighted by atomic mass is 10.1. The van der Waals surface area contributed by atoms with E-state index in [1.165, 1.54) is 0 Å². The van der Waals surface area contributed by atoms with Crippen molar-refractivity contribution in [3.05, 3.63) is 0 Å². The van der Waals surface area contributed by atoms with Gasteiger partial charge in [-0.25, -0.2) is 0 Å². The fraction of sp³-hybridized carbons (Fsp3) is 1.00. The highest BCUT2D eigenvalue weighted by molar-refractivity contribution is 4.68. The molecule has 0 rings (SSSR count). The smallest absolute Gasteiger partial charge is 0.0849 e. The van der Waals surface area contributed by atoms with Crippen LogP contribution in [0.1, 0.15) is 27.2 Å². The summed E-state index contributed by atoms with van der Waals surface area (Å²) in [5.41, 5.74) is -0.629. The van der Waals surface area contributed by atoms with Crippen molar-refractivity contribution in [1.29, 1.82) is 0 Å². The van der Waals surface area contributed by atoms with Gasteiger partial charge in [-0.05, 0) is 20.3 Å². The van der Waals surface area contributed by atoms with Crippen molar-refractivity contribution in [2.24, 2.45) is 0 Å². The molecule has 0 saturated heterocycles. The van der Waals surface area contributed by atoms with Gasteiger partial charge in [-0.3, -0.25) is 0 Å². The van der Waals surface area contributed by atoms with Gasteiger partial charge in [0.15, 0.2) is 0 Å². The standard InChI is InChI=1S/C7H16O2/c1-4-7(3,8)6-9-5-2/h8H,4-6H2,1-3H3. The Bertz CT molecular complexity index is 69.3. The molecule has 9 heavy (non-hydrogen) atoms. The summed E-state index contributed by atoms with van der Waals surface area (Å²) in [4.78, 5) is 0. The van der Waals surface area contributed by atoms with Crippen LogP contribution >= 0.6 is 0 Å². The van der Waals surface area contributed by atoms with E-state index in [0.29, 0.717) is 13.2 Å². The zero-order chi connectivity index (χ0) is 7.33. The fourth-order valence-electron chi connectivity index (χ4n) is 0.424. The zero-order valence-corrected chi connectivity index (χ0v) is 6.48. The molecule has 2 heteroatoms. The van der Waals surface area contributed by atoms with Crippen LogP contribution in [0.15, 0.2) is 0 Å². The van der Waals surface area contributed by atoms with Crippen molar-refractivity contribution in [2.45, 2.75) is 32.8 Å². The Labute approximate surface area is 56.8 Å². The van der Waals surface area contributed by atoms with Crippen LogP contribution in [0, 0.1) is 0 Å². The Morgan fingerprint density at radius 1 is 1.44 bits per heavy atom. The Balaban J connectivity index is 3.33. The second-order valence-corrected chi connectivity index (χ2v) is 2.49. The van der Waals surface area contributed by atoms with Crippen molar-refractivity contribution >= 4 is 0 Å². The van der Waals surface area contributed by atoms with E-state index in [9.17, 15) is 5.11 Å². The molecule has 0 heterocycles. The largest absolute Gasteiger partial charge is 0.388 e. The molecule has 0 aliphatic heterocycles. The molecule has 2 nitrogen and oxygen atoms in total. The third-order valence-electron chi connectivity index (χ3n) is 1.38. The van der Waals surface area contributed by atoms with E-state index in [1.54, 1.807) is 6.92 Å². The quantitative estimate of drug-likeness (QED) is 0.622. The highest BCUT2D eigenvalue weighted by atomic mass is 16.5. The lowest BCUT2D eigenvalue weighted by Crippen LogP contribution is -2.29. The van der Waals surface area contributed by atoms with Crippen molar-refractivity contribution in [3.8, 4) is 0 Å². The minimum Gasteiger partial charge on any atom is -0.388 e. The second kappa shape index (κ2) is 3.85. The molecule has 0 amide bonds. The summed E-state index contributed by atoms with van der Waals surface area (Å²) in [6.45, 7) is 6.77. The predicted molar refractivity (Wildman–Crippen MR) is 37.4 cm³/mol. The van der Waals surface area contributed by atoms with E-state index in [-0.39, 0.29) is 0 Å². The first-order valence-electron chi connectivity index (χ1n) is 3.42. The van der Waals surface area contributed by atoms with E-state index in [0.717, 1.165) is 6.42 Å². The molecular formula is C7H16O2. The Morgan fingerprint density at radius 2 is 2.00 bits per heavy atom. The molecule has 0 aromatic carbocycles. The number of rotatable bonds is 4. The van der Waals surface area contributed by atoms with Crippen molar-refractivity contribution in [3.63, 3.8) is 0 Å². The Kier molecular flexibility index (Phi) is 3.82. The van der Waals surface area contributed by atoms with Gasteiger partial charge in [0, 0.05) is 6.61 Å². The molecule has 0 radical (unpaired) electrons. The first kappa shape index (κ1) is 8.92. The highest BCUT2D eigenvalue weighted by Gasteiger charge is 2.16. The van der Waals surface area contributed by atoms with Crippen LogP contribution in [-0.4, -0.2) is 23.9 Å². The molecule has 0 aromatic rings. The first-order valence-corrected chi connectivity index (χ1v) is 3.42. The molecule has 1 N–H and O–H groups in total. The molecular weight excluding hydrogens is 116 g/mol. The van der Waals surface area contributed by atoms with E-state index in [2.05, 4.69) is 0 Å². The van der Waals surface area contributed by atoms with Crippen molar-refractivity contribution in [1.82, 2.24) is 0 Å². The Hall–Kier alpha value is -0.0800. The van der Waals surface area contributed by atoms with E-state index in [1.807, 2.05) is 13.8 Å². The molecule has 56 valence electrons. The summed E-state index contributed by atoms with van der Waals surface area (Å²) < 4.78 is 5.04. The van der Waals surface area contributed by atoms with Gasteiger partial charge in [0.2, 0.25) is 0 Å². The molecule has 0 saturated carbocycles. The number of hydrogen-bond donors (Lipinski definition) is 1. The molecule has 1 atom stereocenters. The first-order chi connectivity index (χ1) is 4.12. The molecule has 0 aliphatic rings. The summed E-state index contributed by atoms with van der Waals surface area (Å²) in [7, 11) is 0. The monoisotopic (exact) mass is 132 g/mol. The number of ether oxygens (including phenoxy) is 1. The fourth-order valence-corrected chi connectivity index (χ4v) is 0.424. The summed E-state index contributed by atoms with van der Waals surface area (Å²) >= 11 is 0. The molecule has 0 aliphatic carbocycles. The maximum absolute atomic E-state index is 9.33. The van der Waals surface area contributed by atoms with Crippen LogP contribution < -0.4 is 0 Å². The summed E-state index contributed by atoms with van der Waals surface area (Å²) in [6.07, 6.45) is 0.743. The topological polar surface area (TPSA) is 29.5 Å². The van der Waals surface area contributed by atoms with Gasteiger partial charge >= 0.3 is 0 Å². The highest BCUT2D eigenvalue weighted by Crippen LogP contribution is 2.07. The zero-order valence-electron chi connectivity index (χ0n) is 6.48. The van der Waals surface area contributed by atoms with E-state index < -0.39 is 5.60 Å². The molecule has 0 spiro atoms. The molecule has 1 unspecified atom stereocenters. The second-order valence-electron chi connectivity index (χ2n) is 2.49. The minimum atomic E-state index is -0.629. The molecule has 0 aromatic heterocycles. The predicted octanol–water partition coefficient (Wildman–Crippen LogP) is 1.18. The average Bonchev–Trinajstić information content (AvgIpc) is 1.84. The third-order valence-corrected chi connectivity index (χ3v) is 1.38. The Morgan fingerprint density at radius 3 is 2.33 bits per heavy atom. The van der Waals surface area contributed by atoms with E-state index in [4.69, 9.17) is 4.74 Å². The maximum atomic E-state index is 9.33. The lowest BCUT2D eigenvalue weighted by Gasteiger charge is -2.19. The molecule has 0 fully saturated rings. The number of aliphatic hydroxyl groups is 1. The van der Waals surface area contributed by atoms with Gasteiger partial charge < -0.3 is 9.84 Å². The third kappa shape index (κ3) is 4.43. The van der Waals surface area contributed by atoms with Crippen LogP contribution in [0.5, 0.6) is 0 Å². The van der Waals surface area contributed by atoms with Crippen LogP contribution in [0.3, 0.4) is 0 Å². The summed E-state index contributed by atoms with van der Waals surface area (Å²) in [5.74, 6) is 0. The van der Waals surface area contributed by atoms with Crippen LogP contribution in [-0.2, 0) is 4.74 Å². The van der Waals surface area contributed by atoms with Gasteiger partial charge in [0.05, 0.1) is 12.2 Å². The van der Waals surface area contributed by atoms with Gasteiger partial charge in [-0.2, -0.15) is 0 Å². The minimum absolute atomic E-state index is 0.444. The summed E-state index contributed by atoms with van der Waals surface area (Å²) in [6, 6.07) is 0. The average molecular weight is 132 g/mol. The van der Waals surface area contributed by atoms with Crippen LogP contribution in [0.25, 0.3) is 0 Å². The van der Waals surface area contributed by atoms with Gasteiger partial charge in [-0.1, -0.05) is 6.92 Å². The van der Waals surface area contributed by atoms with Crippen molar-refractivity contribution < 1.29 is 9.84 Å². The van der Waals surface area contributed by atoms with Crippen LogP contribution in [0.2, 0.25) is 0 Å². The van der Waals surface area contributed by atoms with Crippen LogP contribution in [0.4, 0.5) is 0 Å². The SMILES string of the molecule is CCOCC(C)(O)CC. The molecule has 0 bridgehead atoms. The lowest BCUT2D eigenvalue weighted by molar-refractivity contribution is -0.0323.